The van der Waals surface area contributed by atoms with Gasteiger partial charge in [-0.05, 0) is 67.8 Å². The van der Waals surface area contributed by atoms with Crippen LogP contribution in [0.3, 0.4) is 0 Å². The molecule has 2 fully saturated rings. The van der Waals surface area contributed by atoms with Crippen molar-refractivity contribution in [3.05, 3.63) is 100 Å². The van der Waals surface area contributed by atoms with Crippen LogP contribution in [0.15, 0.2) is 78.0 Å². The van der Waals surface area contributed by atoms with Gasteiger partial charge in [0.1, 0.15) is 22.4 Å². The average molecular weight is 677 g/mol. The molecule has 2 unspecified atom stereocenters. The van der Waals surface area contributed by atoms with Crippen molar-refractivity contribution in [3.63, 3.8) is 0 Å². The molecule has 5 heterocycles. The molecule has 0 spiro atoms. The molecule has 0 aliphatic carbocycles. The highest BCUT2D eigenvalue weighted by molar-refractivity contribution is 6.02. The molecule has 3 aromatic carbocycles. The standard InChI is InChI=1S/C38H37FN6O5/c1-38(2,3)50-37(48)42-25-10-13-43(19-25)33-28(39)17-26-32-35(33)49-31-16-23-8-5-4-7-22(23)15-30(31)45(32)20-27(34(26)46)36(47)44-14-12-41-29(21-44)24-9-6-11-40-18-24/h4-9,11,15-18,20,25,29,41H,10,12-14,19,21H2,1-3H3,(H,42,48). The van der Waals surface area contributed by atoms with Gasteiger partial charge < -0.3 is 34.5 Å². The molecule has 50 heavy (non-hydrogen) atoms. The van der Waals surface area contributed by atoms with Gasteiger partial charge in [-0.25, -0.2) is 9.18 Å². The van der Waals surface area contributed by atoms with Crippen LogP contribution in [0, 0.1) is 5.82 Å². The van der Waals surface area contributed by atoms with Crippen molar-refractivity contribution in [3.8, 4) is 17.2 Å². The SMILES string of the molecule is CC(C)(C)OC(=O)NC1CCN(c2c(F)cc3c(=O)c(C(=O)N4CCNC(c5cccnc5)C4)cn4c3c2Oc2cc3ccccc3cc2-4)C1. The summed E-state index contributed by atoms with van der Waals surface area (Å²) in [6.45, 7) is 7.42. The lowest BCUT2D eigenvalue weighted by Crippen LogP contribution is -2.49. The lowest BCUT2D eigenvalue weighted by molar-refractivity contribution is 0.0508. The van der Waals surface area contributed by atoms with E-state index in [-0.39, 0.29) is 34.5 Å². The van der Waals surface area contributed by atoms with E-state index in [1.165, 1.54) is 6.07 Å². The van der Waals surface area contributed by atoms with Crippen LogP contribution in [-0.4, -0.2) is 70.8 Å². The molecule has 2 saturated heterocycles. The van der Waals surface area contributed by atoms with Gasteiger partial charge in [0.25, 0.3) is 5.91 Å². The molecule has 11 nitrogen and oxygen atoms in total. The van der Waals surface area contributed by atoms with E-state index >= 15 is 4.39 Å². The zero-order valence-electron chi connectivity index (χ0n) is 28.0. The van der Waals surface area contributed by atoms with Gasteiger partial charge in [-0.2, -0.15) is 0 Å². The van der Waals surface area contributed by atoms with E-state index in [0.717, 1.165) is 16.3 Å². The molecule has 8 rings (SSSR count). The number of fused-ring (bicyclic) bond motifs is 3. The number of aromatic nitrogens is 2. The molecule has 5 aromatic rings. The van der Waals surface area contributed by atoms with Gasteiger partial charge in [0.15, 0.2) is 17.3 Å². The summed E-state index contributed by atoms with van der Waals surface area (Å²) in [5.74, 6) is -0.420. The number of hydrogen-bond donors (Lipinski definition) is 2. The van der Waals surface area contributed by atoms with E-state index in [1.807, 2.05) is 53.4 Å². The second kappa shape index (κ2) is 12.1. The average Bonchev–Trinajstić information content (AvgIpc) is 3.55. The number of alkyl carbamates (subject to hydrolysis) is 1. The fraction of sp³-hybridized carbons (Fsp3) is 0.316. The van der Waals surface area contributed by atoms with E-state index in [0.29, 0.717) is 56.1 Å². The van der Waals surface area contributed by atoms with E-state index in [4.69, 9.17) is 9.47 Å². The van der Waals surface area contributed by atoms with E-state index < -0.39 is 28.8 Å². The molecule has 2 N–H and O–H groups in total. The Morgan fingerprint density at radius 2 is 1.86 bits per heavy atom. The summed E-state index contributed by atoms with van der Waals surface area (Å²) in [6.07, 6.45) is 5.06. The highest BCUT2D eigenvalue weighted by Gasteiger charge is 2.35. The molecule has 2 atom stereocenters. The van der Waals surface area contributed by atoms with Crippen LogP contribution in [0.25, 0.3) is 27.4 Å². The minimum atomic E-state index is -0.654. The number of nitrogens with one attached hydrogen (secondary N) is 2. The monoisotopic (exact) mass is 676 g/mol. The van der Waals surface area contributed by atoms with Crippen LogP contribution in [0.4, 0.5) is 14.9 Å². The summed E-state index contributed by atoms with van der Waals surface area (Å²) in [5, 5.41) is 8.24. The lowest BCUT2D eigenvalue weighted by atomic mass is 10.0. The molecule has 3 aliphatic heterocycles. The molecule has 2 amide bonds. The first-order chi connectivity index (χ1) is 24.0. The van der Waals surface area contributed by atoms with Gasteiger partial charge in [-0.15, -0.1) is 0 Å². The van der Waals surface area contributed by atoms with Crippen LogP contribution in [0.5, 0.6) is 11.5 Å². The summed E-state index contributed by atoms with van der Waals surface area (Å²) in [6, 6.07) is 16.2. The number of nitrogens with zero attached hydrogens (tertiary/aromatic N) is 4. The summed E-state index contributed by atoms with van der Waals surface area (Å²) in [5.41, 5.74) is 0.874. The molecule has 0 saturated carbocycles. The number of rotatable bonds is 4. The highest BCUT2D eigenvalue weighted by Crippen LogP contribution is 2.48. The molecule has 2 aromatic heterocycles. The number of anilines is 1. The Bertz CT molecular complexity index is 2230. The largest absolute Gasteiger partial charge is 0.451 e. The van der Waals surface area contributed by atoms with Gasteiger partial charge >= 0.3 is 6.09 Å². The van der Waals surface area contributed by atoms with Crippen molar-refractivity contribution in [2.75, 3.05) is 37.6 Å². The van der Waals surface area contributed by atoms with Gasteiger partial charge in [0, 0.05) is 51.3 Å². The maximum atomic E-state index is 16.4. The van der Waals surface area contributed by atoms with Crippen molar-refractivity contribution in [1.82, 2.24) is 25.1 Å². The number of piperazine rings is 1. The van der Waals surface area contributed by atoms with Gasteiger partial charge in [-0.3, -0.25) is 14.6 Å². The number of pyridine rings is 2. The predicted molar refractivity (Wildman–Crippen MR) is 188 cm³/mol. The van der Waals surface area contributed by atoms with Crippen molar-refractivity contribution in [2.45, 2.75) is 44.9 Å². The zero-order chi connectivity index (χ0) is 34.7. The fourth-order valence-corrected chi connectivity index (χ4v) is 7.20. The maximum absolute atomic E-state index is 16.4. The van der Waals surface area contributed by atoms with Crippen LogP contribution in [0.1, 0.15) is 49.2 Å². The van der Waals surface area contributed by atoms with Crippen molar-refractivity contribution in [1.29, 1.82) is 0 Å². The van der Waals surface area contributed by atoms with Crippen LogP contribution >= 0.6 is 0 Å². The third-order valence-electron chi connectivity index (χ3n) is 9.47. The number of halogens is 1. The molecule has 12 heteroatoms. The van der Waals surface area contributed by atoms with Crippen LogP contribution in [0.2, 0.25) is 0 Å². The molecular formula is C38H37FN6O5. The van der Waals surface area contributed by atoms with Crippen LogP contribution in [-0.2, 0) is 4.74 Å². The van der Waals surface area contributed by atoms with Gasteiger partial charge in [0.2, 0.25) is 5.43 Å². The number of carbonyl (C=O) groups excluding carboxylic acids is 2. The molecular weight excluding hydrogens is 639 g/mol. The second-order valence-electron chi connectivity index (χ2n) is 14.1. The molecule has 0 radical (unpaired) electrons. The first-order valence-electron chi connectivity index (χ1n) is 16.8. The topological polar surface area (TPSA) is 118 Å². The van der Waals surface area contributed by atoms with Crippen LogP contribution < -0.4 is 25.7 Å². The van der Waals surface area contributed by atoms with Gasteiger partial charge in [-0.1, -0.05) is 30.3 Å². The Labute approximate surface area is 287 Å². The van der Waals surface area contributed by atoms with Crippen molar-refractivity contribution < 1.29 is 23.5 Å². The third kappa shape index (κ3) is 5.68. The lowest BCUT2D eigenvalue weighted by Gasteiger charge is -2.34. The second-order valence-corrected chi connectivity index (χ2v) is 14.1. The summed E-state index contributed by atoms with van der Waals surface area (Å²) >= 11 is 0. The molecule has 0 bridgehead atoms. The van der Waals surface area contributed by atoms with Crippen molar-refractivity contribution in [2.24, 2.45) is 0 Å². The quantitative estimate of drug-likeness (QED) is 0.245. The minimum Gasteiger partial charge on any atom is -0.451 e. The maximum Gasteiger partial charge on any atom is 0.407 e. The minimum absolute atomic E-state index is 0.0486. The number of ether oxygens (including phenoxy) is 2. The Morgan fingerprint density at radius 1 is 1.06 bits per heavy atom. The highest BCUT2D eigenvalue weighted by atomic mass is 19.1. The summed E-state index contributed by atoms with van der Waals surface area (Å²) in [4.78, 5) is 48.7. The Balaban J connectivity index is 1.22. The Kier molecular flexibility index (Phi) is 7.70. The smallest absolute Gasteiger partial charge is 0.407 e. The fourth-order valence-electron chi connectivity index (χ4n) is 7.20. The number of carbonyl (C=O) groups is 2. The Hall–Kier alpha value is -5.49. The number of amides is 2. The zero-order valence-corrected chi connectivity index (χ0v) is 28.0. The van der Waals surface area contributed by atoms with E-state index in [2.05, 4.69) is 15.6 Å². The van der Waals surface area contributed by atoms with E-state index in [9.17, 15) is 14.4 Å². The summed E-state index contributed by atoms with van der Waals surface area (Å²) in [7, 11) is 0. The number of benzene rings is 3. The van der Waals surface area contributed by atoms with E-state index in [1.54, 1.807) is 48.8 Å². The first kappa shape index (κ1) is 31.8. The summed E-state index contributed by atoms with van der Waals surface area (Å²) < 4.78 is 30.2. The first-order valence-corrected chi connectivity index (χ1v) is 16.8. The normalized spacial score (nSPS) is 18.6. The van der Waals surface area contributed by atoms with Crippen molar-refractivity contribution >= 4 is 39.4 Å². The Morgan fingerprint density at radius 3 is 2.62 bits per heavy atom. The predicted octanol–water partition coefficient (Wildman–Crippen LogP) is 5.67. The number of hydrogen-bond acceptors (Lipinski definition) is 8. The molecule has 256 valence electrons. The third-order valence-corrected chi connectivity index (χ3v) is 9.47. The van der Waals surface area contributed by atoms with Gasteiger partial charge in [0.05, 0.1) is 23.2 Å². The molecule has 3 aliphatic rings.